The van der Waals surface area contributed by atoms with Gasteiger partial charge >= 0.3 is 0 Å². The molecule has 1 aromatic rings. The molecular weight excluding hydrogens is 242 g/mol. The Labute approximate surface area is 107 Å². The maximum Gasteiger partial charge on any atom is 0.113 e. The van der Waals surface area contributed by atoms with E-state index in [1.807, 2.05) is 0 Å². The summed E-state index contributed by atoms with van der Waals surface area (Å²) in [5, 5.41) is 4.58. The summed E-state index contributed by atoms with van der Waals surface area (Å²) < 4.78 is 0.755. The van der Waals surface area contributed by atoms with Crippen molar-refractivity contribution in [2.24, 2.45) is 5.92 Å². The molecule has 0 fully saturated rings. The van der Waals surface area contributed by atoms with E-state index in [2.05, 4.69) is 43.1 Å². The van der Waals surface area contributed by atoms with Crippen molar-refractivity contribution in [3.05, 3.63) is 15.5 Å². The van der Waals surface area contributed by atoms with Gasteiger partial charge in [-0.2, -0.15) is 0 Å². The van der Waals surface area contributed by atoms with Crippen LogP contribution in [-0.2, 0) is 6.54 Å². The molecule has 3 nitrogen and oxygen atoms in total. The van der Waals surface area contributed by atoms with Crippen molar-refractivity contribution < 1.29 is 0 Å². The van der Waals surface area contributed by atoms with E-state index in [0.29, 0.717) is 12.0 Å². The van der Waals surface area contributed by atoms with E-state index in [9.17, 15) is 0 Å². The molecular formula is C11H20ClN3S. The molecule has 16 heavy (non-hydrogen) atoms. The maximum atomic E-state index is 5.84. The van der Waals surface area contributed by atoms with E-state index in [-0.39, 0.29) is 0 Å². The largest absolute Gasteiger partial charge is 0.308 e. The van der Waals surface area contributed by atoms with Crippen LogP contribution in [0.1, 0.15) is 18.9 Å². The molecule has 0 radical (unpaired) electrons. The van der Waals surface area contributed by atoms with Crippen molar-refractivity contribution in [3.8, 4) is 0 Å². The molecule has 0 saturated heterocycles. The van der Waals surface area contributed by atoms with Crippen molar-refractivity contribution in [1.29, 1.82) is 0 Å². The third kappa shape index (κ3) is 4.78. The summed E-state index contributed by atoms with van der Waals surface area (Å²) in [4.78, 5) is 6.44. The van der Waals surface area contributed by atoms with Crippen molar-refractivity contribution in [1.82, 2.24) is 15.2 Å². The summed E-state index contributed by atoms with van der Waals surface area (Å²) in [5.41, 5.74) is 0. The quantitative estimate of drug-likeness (QED) is 0.853. The highest BCUT2D eigenvalue weighted by atomic mass is 35.5. The van der Waals surface area contributed by atoms with Gasteiger partial charge in [0.15, 0.2) is 0 Å². The molecule has 1 heterocycles. The summed E-state index contributed by atoms with van der Waals surface area (Å²) >= 11 is 7.38. The Kier molecular flexibility index (Phi) is 5.69. The minimum Gasteiger partial charge on any atom is -0.308 e. The summed E-state index contributed by atoms with van der Waals surface area (Å²) in [7, 11) is 4.19. The summed E-state index contributed by atoms with van der Waals surface area (Å²) in [6.45, 7) is 6.30. The molecule has 1 aromatic heterocycles. The van der Waals surface area contributed by atoms with E-state index in [0.717, 1.165) is 22.4 Å². The number of thiazole rings is 1. The highest BCUT2D eigenvalue weighted by molar-refractivity contribution is 7.15. The summed E-state index contributed by atoms with van der Waals surface area (Å²) in [6.07, 6.45) is 1.71. The van der Waals surface area contributed by atoms with Gasteiger partial charge in [0.25, 0.3) is 0 Å². The van der Waals surface area contributed by atoms with Crippen LogP contribution in [0.2, 0.25) is 4.34 Å². The number of rotatable bonds is 6. The first-order chi connectivity index (χ1) is 7.49. The zero-order valence-corrected chi connectivity index (χ0v) is 11.9. The van der Waals surface area contributed by atoms with Crippen LogP contribution in [0.25, 0.3) is 0 Å². The molecule has 0 aliphatic heterocycles. The monoisotopic (exact) mass is 261 g/mol. The Hall–Kier alpha value is -0.160. The van der Waals surface area contributed by atoms with Crippen LogP contribution in [0.3, 0.4) is 0 Å². The van der Waals surface area contributed by atoms with Crippen LogP contribution in [0.5, 0.6) is 0 Å². The van der Waals surface area contributed by atoms with Crippen molar-refractivity contribution in [2.45, 2.75) is 26.4 Å². The van der Waals surface area contributed by atoms with Gasteiger partial charge in [0.1, 0.15) is 9.34 Å². The zero-order chi connectivity index (χ0) is 12.1. The Bertz CT molecular complexity index is 312. The molecule has 0 amide bonds. The molecule has 0 saturated carbocycles. The third-order valence-electron chi connectivity index (χ3n) is 2.41. The zero-order valence-electron chi connectivity index (χ0n) is 10.3. The van der Waals surface area contributed by atoms with Crippen LogP contribution in [0, 0.1) is 5.92 Å². The third-order valence-corrected chi connectivity index (χ3v) is 3.52. The topological polar surface area (TPSA) is 28.2 Å². The van der Waals surface area contributed by atoms with E-state index in [1.54, 1.807) is 6.20 Å². The standard InChI is InChI=1S/C11H20ClN3S/c1-8(2)9(7-15(3)4)13-6-11-14-5-10(12)16-11/h5,8-9,13H,6-7H2,1-4H3. The molecule has 0 aliphatic carbocycles. The van der Waals surface area contributed by atoms with Crippen LogP contribution in [0.15, 0.2) is 6.20 Å². The van der Waals surface area contributed by atoms with Crippen LogP contribution in [-0.4, -0.2) is 36.6 Å². The molecule has 0 aromatic carbocycles. The number of hydrogen-bond donors (Lipinski definition) is 1. The van der Waals surface area contributed by atoms with Crippen LogP contribution in [0.4, 0.5) is 0 Å². The number of aromatic nitrogens is 1. The average molecular weight is 262 g/mol. The minimum absolute atomic E-state index is 0.484. The fourth-order valence-electron chi connectivity index (χ4n) is 1.49. The normalized spacial score (nSPS) is 13.7. The Morgan fingerprint density at radius 1 is 1.50 bits per heavy atom. The molecule has 5 heteroatoms. The number of likely N-dealkylation sites (N-methyl/N-ethyl adjacent to an activating group) is 1. The first-order valence-electron chi connectivity index (χ1n) is 5.47. The SMILES string of the molecule is CC(C)C(CN(C)C)NCc1ncc(Cl)s1. The van der Waals surface area contributed by atoms with Gasteiger partial charge in [-0.3, -0.25) is 0 Å². The first-order valence-corrected chi connectivity index (χ1v) is 6.66. The minimum atomic E-state index is 0.484. The first kappa shape index (κ1) is 13.9. The van der Waals surface area contributed by atoms with E-state index in [1.165, 1.54) is 11.3 Å². The van der Waals surface area contributed by atoms with Gasteiger partial charge in [-0.05, 0) is 20.0 Å². The number of halogens is 1. The number of nitrogens with zero attached hydrogens (tertiary/aromatic N) is 2. The van der Waals surface area contributed by atoms with E-state index in [4.69, 9.17) is 11.6 Å². The Morgan fingerprint density at radius 3 is 2.62 bits per heavy atom. The van der Waals surface area contributed by atoms with Crippen molar-refractivity contribution in [2.75, 3.05) is 20.6 Å². The van der Waals surface area contributed by atoms with Gasteiger partial charge in [0.05, 0.1) is 6.20 Å². The average Bonchev–Trinajstić information content (AvgIpc) is 2.58. The number of hydrogen-bond acceptors (Lipinski definition) is 4. The smallest absolute Gasteiger partial charge is 0.113 e. The summed E-state index contributed by atoms with van der Waals surface area (Å²) in [5.74, 6) is 0.609. The Morgan fingerprint density at radius 2 is 2.19 bits per heavy atom. The van der Waals surface area contributed by atoms with E-state index >= 15 is 0 Å². The number of nitrogens with one attached hydrogen (secondary N) is 1. The fourth-order valence-corrected chi connectivity index (χ4v) is 2.40. The van der Waals surface area contributed by atoms with Gasteiger partial charge < -0.3 is 10.2 Å². The lowest BCUT2D eigenvalue weighted by Gasteiger charge is -2.25. The lowest BCUT2D eigenvalue weighted by molar-refractivity contribution is 0.288. The lowest BCUT2D eigenvalue weighted by atomic mass is 10.0. The van der Waals surface area contributed by atoms with Gasteiger partial charge in [-0.15, -0.1) is 11.3 Å². The van der Waals surface area contributed by atoms with Gasteiger partial charge in [0, 0.05) is 19.1 Å². The molecule has 0 aliphatic rings. The molecule has 1 rings (SSSR count). The predicted octanol–water partition coefficient (Wildman–Crippen LogP) is 2.47. The van der Waals surface area contributed by atoms with Gasteiger partial charge in [-0.25, -0.2) is 4.98 Å². The molecule has 0 bridgehead atoms. The van der Waals surface area contributed by atoms with E-state index < -0.39 is 0 Å². The molecule has 0 spiro atoms. The van der Waals surface area contributed by atoms with Gasteiger partial charge in [-0.1, -0.05) is 25.4 Å². The maximum absolute atomic E-state index is 5.84. The fraction of sp³-hybridized carbons (Fsp3) is 0.727. The summed E-state index contributed by atoms with van der Waals surface area (Å²) in [6, 6.07) is 0.484. The van der Waals surface area contributed by atoms with Gasteiger partial charge in [0.2, 0.25) is 0 Å². The highest BCUT2D eigenvalue weighted by Crippen LogP contribution is 2.18. The predicted molar refractivity (Wildman–Crippen MR) is 71.1 cm³/mol. The van der Waals surface area contributed by atoms with Crippen molar-refractivity contribution >= 4 is 22.9 Å². The lowest BCUT2D eigenvalue weighted by Crippen LogP contribution is -2.41. The molecule has 1 unspecified atom stereocenters. The van der Waals surface area contributed by atoms with Crippen LogP contribution >= 0.6 is 22.9 Å². The Balaban J connectivity index is 2.43. The second-order valence-electron chi connectivity index (χ2n) is 4.55. The molecule has 1 atom stereocenters. The second-order valence-corrected chi connectivity index (χ2v) is 6.30. The molecule has 1 N–H and O–H groups in total. The van der Waals surface area contributed by atoms with Crippen molar-refractivity contribution in [3.63, 3.8) is 0 Å². The van der Waals surface area contributed by atoms with Crippen LogP contribution < -0.4 is 5.32 Å². The second kappa shape index (κ2) is 6.55. The molecule has 92 valence electrons. The highest BCUT2D eigenvalue weighted by Gasteiger charge is 2.14.